The molecule has 0 radical (unpaired) electrons. The van der Waals surface area contributed by atoms with E-state index in [2.05, 4.69) is 26.1 Å². The molecule has 5 heteroatoms. The van der Waals surface area contributed by atoms with Crippen molar-refractivity contribution in [3.05, 3.63) is 0 Å². The average Bonchev–Trinajstić information content (AvgIpc) is 2.51. The van der Waals surface area contributed by atoms with E-state index in [1.807, 2.05) is 0 Å². The minimum atomic E-state index is -0.195. The third-order valence-electron chi connectivity index (χ3n) is 4.96. The third kappa shape index (κ3) is 3.57. The first-order valence-corrected chi connectivity index (χ1v) is 8.40. The number of amides is 2. The van der Waals surface area contributed by atoms with Crippen LogP contribution in [-0.4, -0.2) is 59.9 Å². The lowest BCUT2D eigenvalue weighted by atomic mass is 9.95. The van der Waals surface area contributed by atoms with Crippen molar-refractivity contribution >= 4 is 11.8 Å². The van der Waals surface area contributed by atoms with Gasteiger partial charge in [0.1, 0.15) is 6.04 Å². The van der Waals surface area contributed by atoms with Crippen LogP contribution in [0.25, 0.3) is 0 Å². The number of fused-ring (bicyclic) bond motifs is 1. The number of piperidine rings is 1. The Balaban J connectivity index is 2.05. The standard InChI is InChI=1S/C16H29N3O2/c1-4-12(3)13(17-5-2)10-18-11-15(20)19-9-7-6-8-14(19)16(18)21/h12-14,17H,4-11H2,1-3H3. The normalized spacial score (nSPS) is 25.8. The smallest absolute Gasteiger partial charge is 0.245 e. The summed E-state index contributed by atoms with van der Waals surface area (Å²) in [5.41, 5.74) is 0. The van der Waals surface area contributed by atoms with Crippen LogP contribution in [0.5, 0.6) is 0 Å². The van der Waals surface area contributed by atoms with Crippen LogP contribution < -0.4 is 5.32 Å². The molecular formula is C16H29N3O2. The number of carbonyl (C=O) groups excluding carboxylic acids is 2. The zero-order chi connectivity index (χ0) is 15.4. The maximum Gasteiger partial charge on any atom is 0.245 e. The molecule has 2 saturated heterocycles. The highest BCUT2D eigenvalue weighted by atomic mass is 16.2. The molecule has 2 heterocycles. The number of piperazine rings is 1. The Morgan fingerprint density at radius 2 is 2.05 bits per heavy atom. The Kier molecular flexibility index (Phi) is 5.62. The van der Waals surface area contributed by atoms with Gasteiger partial charge in [-0.15, -0.1) is 0 Å². The molecular weight excluding hydrogens is 266 g/mol. The Morgan fingerprint density at radius 3 is 2.71 bits per heavy atom. The highest BCUT2D eigenvalue weighted by Gasteiger charge is 2.41. The van der Waals surface area contributed by atoms with Gasteiger partial charge in [-0.1, -0.05) is 27.2 Å². The highest BCUT2D eigenvalue weighted by molar-refractivity contribution is 5.95. The van der Waals surface area contributed by atoms with E-state index in [-0.39, 0.29) is 30.4 Å². The molecule has 2 fully saturated rings. The number of hydrogen-bond donors (Lipinski definition) is 1. The van der Waals surface area contributed by atoms with Crippen LogP contribution in [0.3, 0.4) is 0 Å². The van der Waals surface area contributed by atoms with E-state index in [4.69, 9.17) is 0 Å². The van der Waals surface area contributed by atoms with Gasteiger partial charge in [-0.25, -0.2) is 0 Å². The molecule has 2 amide bonds. The summed E-state index contributed by atoms with van der Waals surface area (Å²) in [5, 5.41) is 3.47. The number of nitrogens with one attached hydrogen (secondary N) is 1. The number of carbonyl (C=O) groups is 2. The summed E-state index contributed by atoms with van der Waals surface area (Å²) < 4.78 is 0. The Bertz CT molecular complexity index is 386. The van der Waals surface area contributed by atoms with Crippen molar-refractivity contribution in [1.82, 2.24) is 15.1 Å². The van der Waals surface area contributed by atoms with Gasteiger partial charge in [0.15, 0.2) is 0 Å². The van der Waals surface area contributed by atoms with Gasteiger partial charge in [-0.3, -0.25) is 9.59 Å². The van der Waals surface area contributed by atoms with Gasteiger partial charge in [0.25, 0.3) is 0 Å². The minimum Gasteiger partial charge on any atom is -0.330 e. The zero-order valence-corrected chi connectivity index (χ0v) is 13.6. The van der Waals surface area contributed by atoms with Crippen molar-refractivity contribution in [2.24, 2.45) is 5.92 Å². The van der Waals surface area contributed by atoms with Crippen LogP contribution in [0.1, 0.15) is 46.5 Å². The molecule has 0 aromatic heterocycles. The third-order valence-corrected chi connectivity index (χ3v) is 4.96. The Labute approximate surface area is 128 Å². The van der Waals surface area contributed by atoms with Gasteiger partial charge < -0.3 is 15.1 Å². The second-order valence-electron chi connectivity index (χ2n) is 6.37. The van der Waals surface area contributed by atoms with Crippen LogP contribution in [0, 0.1) is 5.92 Å². The second-order valence-corrected chi connectivity index (χ2v) is 6.37. The predicted octanol–water partition coefficient (Wildman–Crippen LogP) is 1.23. The molecule has 0 aromatic carbocycles. The molecule has 120 valence electrons. The molecule has 21 heavy (non-hydrogen) atoms. The number of rotatable bonds is 6. The average molecular weight is 295 g/mol. The minimum absolute atomic E-state index is 0.124. The molecule has 0 saturated carbocycles. The summed E-state index contributed by atoms with van der Waals surface area (Å²) in [6, 6.07) is 0.0751. The quantitative estimate of drug-likeness (QED) is 0.802. The summed E-state index contributed by atoms with van der Waals surface area (Å²) in [4.78, 5) is 28.5. The first-order chi connectivity index (χ1) is 10.1. The van der Waals surface area contributed by atoms with Gasteiger partial charge in [0.2, 0.25) is 11.8 Å². The predicted molar refractivity (Wildman–Crippen MR) is 82.9 cm³/mol. The van der Waals surface area contributed by atoms with E-state index >= 15 is 0 Å². The monoisotopic (exact) mass is 295 g/mol. The van der Waals surface area contributed by atoms with E-state index in [1.54, 1.807) is 9.80 Å². The molecule has 0 bridgehead atoms. The lowest BCUT2D eigenvalue weighted by Gasteiger charge is -2.44. The van der Waals surface area contributed by atoms with Crippen LogP contribution in [0.2, 0.25) is 0 Å². The molecule has 0 spiro atoms. The maximum atomic E-state index is 12.7. The lowest BCUT2D eigenvalue weighted by Crippen LogP contribution is -2.63. The van der Waals surface area contributed by atoms with E-state index in [0.717, 1.165) is 38.8 Å². The van der Waals surface area contributed by atoms with Crippen molar-refractivity contribution in [3.63, 3.8) is 0 Å². The summed E-state index contributed by atoms with van der Waals surface area (Å²) in [7, 11) is 0. The van der Waals surface area contributed by atoms with Crippen molar-refractivity contribution in [3.8, 4) is 0 Å². The van der Waals surface area contributed by atoms with Gasteiger partial charge >= 0.3 is 0 Å². The van der Waals surface area contributed by atoms with Gasteiger partial charge in [-0.05, 0) is 31.7 Å². The van der Waals surface area contributed by atoms with Crippen LogP contribution in [-0.2, 0) is 9.59 Å². The van der Waals surface area contributed by atoms with E-state index in [9.17, 15) is 9.59 Å². The zero-order valence-electron chi connectivity index (χ0n) is 13.6. The molecule has 2 aliphatic rings. The van der Waals surface area contributed by atoms with Crippen molar-refractivity contribution in [2.45, 2.75) is 58.5 Å². The van der Waals surface area contributed by atoms with Crippen LogP contribution in [0.4, 0.5) is 0 Å². The van der Waals surface area contributed by atoms with Crippen molar-refractivity contribution < 1.29 is 9.59 Å². The van der Waals surface area contributed by atoms with E-state index in [0.29, 0.717) is 12.5 Å². The lowest BCUT2D eigenvalue weighted by molar-refractivity contribution is -0.158. The van der Waals surface area contributed by atoms with Crippen LogP contribution in [0.15, 0.2) is 0 Å². The maximum absolute atomic E-state index is 12.7. The summed E-state index contributed by atoms with van der Waals surface area (Å²) in [5.74, 6) is 0.774. The highest BCUT2D eigenvalue weighted by Crippen LogP contribution is 2.23. The van der Waals surface area contributed by atoms with E-state index in [1.165, 1.54) is 0 Å². The topological polar surface area (TPSA) is 52.7 Å². The molecule has 2 rings (SSSR count). The largest absolute Gasteiger partial charge is 0.330 e. The summed E-state index contributed by atoms with van der Waals surface area (Å²) >= 11 is 0. The number of likely N-dealkylation sites (N-methyl/N-ethyl adjacent to an activating group) is 1. The number of nitrogens with zero attached hydrogens (tertiary/aromatic N) is 2. The van der Waals surface area contributed by atoms with Crippen molar-refractivity contribution in [1.29, 1.82) is 0 Å². The summed E-state index contributed by atoms with van der Waals surface area (Å²) in [6.45, 7) is 9.01. The van der Waals surface area contributed by atoms with E-state index < -0.39 is 0 Å². The fraction of sp³-hybridized carbons (Fsp3) is 0.875. The molecule has 0 aromatic rings. The van der Waals surface area contributed by atoms with Crippen molar-refractivity contribution in [2.75, 3.05) is 26.2 Å². The molecule has 1 N–H and O–H groups in total. The molecule has 5 nitrogen and oxygen atoms in total. The molecule has 3 unspecified atom stereocenters. The fourth-order valence-corrected chi connectivity index (χ4v) is 3.41. The fourth-order valence-electron chi connectivity index (χ4n) is 3.41. The Hall–Kier alpha value is -1.10. The SMILES string of the molecule is CCNC(CN1CC(=O)N2CCCCC2C1=O)C(C)CC. The Morgan fingerprint density at radius 1 is 1.29 bits per heavy atom. The molecule has 3 atom stereocenters. The van der Waals surface area contributed by atoms with Gasteiger partial charge in [0, 0.05) is 19.1 Å². The first-order valence-electron chi connectivity index (χ1n) is 8.40. The van der Waals surface area contributed by atoms with Gasteiger partial charge in [0.05, 0.1) is 6.54 Å². The first kappa shape index (κ1) is 16.3. The summed E-state index contributed by atoms with van der Waals surface area (Å²) in [6.07, 6.45) is 3.98. The number of hydrogen-bond acceptors (Lipinski definition) is 3. The second kappa shape index (κ2) is 7.25. The van der Waals surface area contributed by atoms with Gasteiger partial charge in [-0.2, -0.15) is 0 Å². The molecule has 0 aliphatic carbocycles. The van der Waals surface area contributed by atoms with Crippen LogP contribution >= 0.6 is 0 Å². The molecule has 2 aliphatic heterocycles.